The summed E-state index contributed by atoms with van der Waals surface area (Å²) in [4.78, 5) is 27.1. The molecule has 0 fully saturated rings. The molecule has 2 amide bonds. The molecule has 0 aliphatic carbocycles. The second-order valence-electron chi connectivity index (χ2n) is 7.58. The molecule has 1 atom stereocenters. The highest BCUT2D eigenvalue weighted by atomic mass is 35.5. The zero-order valence-corrected chi connectivity index (χ0v) is 18.5. The van der Waals surface area contributed by atoms with Gasteiger partial charge in [0.15, 0.2) is 0 Å². The lowest BCUT2D eigenvalue weighted by molar-refractivity contribution is -0.140. The van der Waals surface area contributed by atoms with Crippen LogP contribution in [0.15, 0.2) is 48.5 Å². The van der Waals surface area contributed by atoms with Crippen LogP contribution in [-0.4, -0.2) is 29.3 Å². The second-order valence-corrected chi connectivity index (χ2v) is 7.99. The van der Waals surface area contributed by atoms with Crippen molar-refractivity contribution in [3.05, 3.63) is 70.2 Å². The molecule has 2 aromatic carbocycles. The number of rotatable bonds is 9. The van der Waals surface area contributed by atoms with Crippen molar-refractivity contribution in [3.8, 4) is 0 Å². The number of carbonyl (C=O) groups excluding carboxylic acids is 2. The smallest absolute Gasteiger partial charge is 0.242 e. The molecule has 2 aromatic rings. The van der Waals surface area contributed by atoms with Gasteiger partial charge < -0.3 is 10.2 Å². The number of nitrogens with one attached hydrogen (secondary N) is 1. The van der Waals surface area contributed by atoms with E-state index >= 15 is 0 Å². The van der Waals surface area contributed by atoms with E-state index in [0.29, 0.717) is 36.9 Å². The van der Waals surface area contributed by atoms with Crippen LogP contribution in [0.1, 0.15) is 56.7 Å². The highest BCUT2D eigenvalue weighted by molar-refractivity contribution is 6.31. The van der Waals surface area contributed by atoms with E-state index in [1.165, 1.54) is 5.56 Å². The third kappa shape index (κ3) is 6.60. The van der Waals surface area contributed by atoms with Crippen molar-refractivity contribution in [2.45, 2.75) is 59.0 Å². The number of carbonyl (C=O) groups is 2. The quantitative estimate of drug-likeness (QED) is 0.631. The van der Waals surface area contributed by atoms with E-state index in [-0.39, 0.29) is 11.8 Å². The summed E-state index contributed by atoms with van der Waals surface area (Å²) in [7, 11) is 0. The van der Waals surface area contributed by atoms with E-state index in [1.54, 1.807) is 17.9 Å². The van der Waals surface area contributed by atoms with Crippen LogP contribution in [0.3, 0.4) is 0 Å². The van der Waals surface area contributed by atoms with Crippen LogP contribution in [-0.2, 0) is 22.6 Å². The predicted molar refractivity (Wildman–Crippen MR) is 119 cm³/mol. The number of halogens is 1. The Balaban J connectivity index is 2.12. The minimum absolute atomic E-state index is 0.0587. The Labute approximate surface area is 179 Å². The molecule has 5 heteroatoms. The average molecular weight is 415 g/mol. The predicted octanol–water partition coefficient (Wildman–Crippen LogP) is 4.95. The summed E-state index contributed by atoms with van der Waals surface area (Å²) in [5, 5.41) is 3.40. The van der Waals surface area contributed by atoms with Crippen LogP contribution < -0.4 is 5.32 Å². The maximum absolute atomic E-state index is 13.1. The van der Waals surface area contributed by atoms with Gasteiger partial charge >= 0.3 is 0 Å². The lowest BCUT2D eigenvalue weighted by atomic mass is 10.00. The van der Waals surface area contributed by atoms with Crippen molar-refractivity contribution in [2.75, 3.05) is 6.54 Å². The summed E-state index contributed by atoms with van der Waals surface area (Å²) in [5.74, 6) is 0.264. The monoisotopic (exact) mass is 414 g/mol. The lowest BCUT2D eigenvalue weighted by Gasteiger charge is -2.29. The first-order valence-electron chi connectivity index (χ1n) is 10.2. The van der Waals surface area contributed by atoms with Crippen LogP contribution >= 0.6 is 11.6 Å². The van der Waals surface area contributed by atoms with E-state index in [1.807, 2.05) is 25.1 Å². The van der Waals surface area contributed by atoms with E-state index in [4.69, 9.17) is 11.6 Å². The van der Waals surface area contributed by atoms with Crippen molar-refractivity contribution in [1.29, 1.82) is 0 Å². The highest BCUT2D eigenvalue weighted by Crippen LogP contribution is 2.20. The summed E-state index contributed by atoms with van der Waals surface area (Å²) in [5.41, 5.74) is 3.23. The topological polar surface area (TPSA) is 49.4 Å². The molecule has 0 heterocycles. The molecule has 0 aromatic heterocycles. The Morgan fingerprint density at radius 2 is 1.69 bits per heavy atom. The first kappa shape index (κ1) is 23.0. The molecule has 156 valence electrons. The van der Waals surface area contributed by atoms with Crippen LogP contribution in [0, 0.1) is 0 Å². The van der Waals surface area contributed by atoms with Gasteiger partial charge in [0.1, 0.15) is 6.04 Å². The standard InChI is InChI=1S/C24H31ClN2O2/c1-5-26-24(29)18(4)27(16-21-8-6-7-9-22(21)25)23(28)15-12-19-10-13-20(14-11-19)17(2)3/h6-11,13-14,17-18H,5,12,15-16H2,1-4H3,(H,26,29)/t18-/m1/s1. The van der Waals surface area contributed by atoms with Gasteiger partial charge in [0.2, 0.25) is 11.8 Å². The van der Waals surface area contributed by atoms with Crippen LogP contribution in [0.25, 0.3) is 0 Å². The van der Waals surface area contributed by atoms with Crippen molar-refractivity contribution >= 4 is 23.4 Å². The van der Waals surface area contributed by atoms with Crippen molar-refractivity contribution in [1.82, 2.24) is 10.2 Å². The molecule has 1 N–H and O–H groups in total. The van der Waals surface area contributed by atoms with Gasteiger partial charge in [-0.3, -0.25) is 9.59 Å². The third-order valence-electron chi connectivity index (χ3n) is 5.09. The maximum Gasteiger partial charge on any atom is 0.242 e. The van der Waals surface area contributed by atoms with Crippen molar-refractivity contribution < 1.29 is 9.59 Å². The number of benzene rings is 2. The number of amides is 2. The number of nitrogens with zero attached hydrogens (tertiary/aromatic N) is 1. The Hall–Kier alpha value is -2.33. The summed E-state index contributed by atoms with van der Waals surface area (Å²) in [6.07, 6.45) is 0.980. The third-order valence-corrected chi connectivity index (χ3v) is 5.46. The minimum atomic E-state index is -0.568. The van der Waals surface area contributed by atoms with Gasteiger partial charge in [-0.15, -0.1) is 0 Å². The Morgan fingerprint density at radius 1 is 1.03 bits per heavy atom. The van der Waals surface area contributed by atoms with Gasteiger partial charge in [0.05, 0.1) is 0 Å². The number of hydrogen-bond donors (Lipinski definition) is 1. The number of hydrogen-bond acceptors (Lipinski definition) is 2. The fourth-order valence-corrected chi connectivity index (χ4v) is 3.37. The summed E-state index contributed by atoms with van der Waals surface area (Å²) >= 11 is 6.29. The van der Waals surface area contributed by atoms with Crippen molar-refractivity contribution in [3.63, 3.8) is 0 Å². The lowest BCUT2D eigenvalue weighted by Crippen LogP contribution is -2.47. The number of likely N-dealkylation sites (N-methyl/N-ethyl adjacent to an activating group) is 1. The first-order valence-corrected chi connectivity index (χ1v) is 10.6. The van der Waals surface area contributed by atoms with Gasteiger partial charge in [0.25, 0.3) is 0 Å². The largest absolute Gasteiger partial charge is 0.355 e. The second kappa shape index (κ2) is 11.0. The molecule has 4 nitrogen and oxygen atoms in total. The van der Waals surface area contributed by atoms with E-state index in [0.717, 1.165) is 11.1 Å². The van der Waals surface area contributed by atoms with E-state index < -0.39 is 6.04 Å². The molecule has 0 aliphatic heterocycles. The van der Waals surface area contributed by atoms with Gasteiger partial charge in [-0.2, -0.15) is 0 Å². The van der Waals surface area contributed by atoms with Crippen molar-refractivity contribution in [2.24, 2.45) is 0 Å². The molecular weight excluding hydrogens is 384 g/mol. The zero-order valence-electron chi connectivity index (χ0n) is 17.7. The molecule has 0 saturated carbocycles. The first-order chi connectivity index (χ1) is 13.8. The molecule has 0 aliphatic rings. The average Bonchev–Trinajstić information content (AvgIpc) is 2.71. The van der Waals surface area contributed by atoms with Crippen LogP contribution in [0.2, 0.25) is 5.02 Å². The van der Waals surface area contributed by atoms with E-state index in [2.05, 4.69) is 43.4 Å². The summed E-state index contributed by atoms with van der Waals surface area (Å²) < 4.78 is 0. The van der Waals surface area contributed by atoms with Crippen LogP contribution in [0.4, 0.5) is 0 Å². The Kier molecular flexibility index (Phi) is 8.71. The number of aryl methyl sites for hydroxylation is 1. The fourth-order valence-electron chi connectivity index (χ4n) is 3.18. The molecule has 29 heavy (non-hydrogen) atoms. The molecule has 0 saturated heterocycles. The SMILES string of the molecule is CCNC(=O)[C@@H](C)N(Cc1ccccc1Cl)C(=O)CCc1ccc(C(C)C)cc1. The molecule has 0 unspecified atom stereocenters. The van der Waals surface area contributed by atoms with Crippen LogP contribution in [0.5, 0.6) is 0 Å². The van der Waals surface area contributed by atoms with Gasteiger partial charge in [-0.25, -0.2) is 0 Å². The van der Waals surface area contributed by atoms with Gasteiger partial charge in [0, 0.05) is 24.5 Å². The Bertz CT molecular complexity index is 818. The fraction of sp³-hybridized carbons (Fsp3) is 0.417. The highest BCUT2D eigenvalue weighted by Gasteiger charge is 2.26. The summed E-state index contributed by atoms with van der Waals surface area (Å²) in [6, 6.07) is 15.2. The molecule has 2 rings (SSSR count). The normalized spacial score (nSPS) is 11.9. The van der Waals surface area contributed by atoms with E-state index in [9.17, 15) is 9.59 Å². The van der Waals surface area contributed by atoms with Gasteiger partial charge in [-0.05, 0) is 48.9 Å². The molecule has 0 radical (unpaired) electrons. The molecule has 0 spiro atoms. The molecule has 0 bridgehead atoms. The maximum atomic E-state index is 13.1. The zero-order chi connectivity index (χ0) is 21.4. The minimum Gasteiger partial charge on any atom is -0.355 e. The van der Waals surface area contributed by atoms with Gasteiger partial charge in [-0.1, -0.05) is 67.9 Å². The summed E-state index contributed by atoms with van der Waals surface area (Å²) in [6.45, 7) is 8.78. The Morgan fingerprint density at radius 3 is 2.28 bits per heavy atom. The molecular formula is C24H31ClN2O2.